The third-order valence-electron chi connectivity index (χ3n) is 6.59. The Balaban J connectivity index is 2.46. The number of Topliss-reactive ketones (excluding diaryl/α,β-unsaturated/α-hetero) is 1. The van der Waals surface area contributed by atoms with Gasteiger partial charge in [0.15, 0.2) is 9.84 Å². The molecule has 4 nitrogen and oxygen atoms in total. The van der Waals surface area contributed by atoms with Crippen molar-refractivity contribution in [1.82, 2.24) is 0 Å². The highest BCUT2D eigenvalue weighted by atomic mass is 32.2. The molecule has 0 bridgehead atoms. The maximum atomic E-state index is 12.7. The van der Waals surface area contributed by atoms with E-state index in [2.05, 4.69) is 60.6 Å². The van der Waals surface area contributed by atoms with Gasteiger partial charge < -0.3 is 4.74 Å². The number of rotatable bonds is 12. The largest absolute Gasteiger partial charge is 0.366 e. The molecule has 0 spiro atoms. The first-order valence-electron chi connectivity index (χ1n) is 12.4. The number of hydrogen-bond donors (Lipinski definition) is 0. The molecule has 1 aromatic carbocycles. The first-order valence-corrected chi connectivity index (χ1v) is 14.5. The molecule has 0 heterocycles. The van der Waals surface area contributed by atoms with Crippen molar-refractivity contribution in [3.05, 3.63) is 46.0 Å². The zero-order valence-corrected chi connectivity index (χ0v) is 22.9. The van der Waals surface area contributed by atoms with Crippen LogP contribution < -0.4 is 0 Å². The lowest BCUT2D eigenvalue weighted by Crippen LogP contribution is -2.24. The average molecular weight is 477 g/mol. The summed E-state index contributed by atoms with van der Waals surface area (Å²) in [5, 5.41) is 0. The van der Waals surface area contributed by atoms with Crippen molar-refractivity contribution < 1.29 is 17.9 Å². The van der Waals surface area contributed by atoms with E-state index in [0.717, 1.165) is 18.4 Å². The van der Waals surface area contributed by atoms with Gasteiger partial charge in [0.05, 0.1) is 18.0 Å². The van der Waals surface area contributed by atoms with Crippen LogP contribution in [0.2, 0.25) is 0 Å². The van der Waals surface area contributed by atoms with Gasteiger partial charge in [0.1, 0.15) is 5.78 Å². The van der Waals surface area contributed by atoms with Crippen LogP contribution in [0.5, 0.6) is 0 Å². The molecule has 1 saturated carbocycles. The molecule has 1 aromatic rings. The lowest BCUT2D eigenvalue weighted by atomic mass is 9.82. The van der Waals surface area contributed by atoms with Gasteiger partial charge >= 0.3 is 0 Å². The first-order chi connectivity index (χ1) is 15.2. The summed E-state index contributed by atoms with van der Waals surface area (Å²) in [6.07, 6.45) is 4.53. The molecule has 0 radical (unpaired) electrons. The van der Waals surface area contributed by atoms with Crippen molar-refractivity contribution in [1.29, 1.82) is 0 Å². The quantitative estimate of drug-likeness (QED) is 0.309. The third kappa shape index (κ3) is 8.06. The lowest BCUT2D eigenvalue weighted by molar-refractivity contribution is -0.123. The second-order valence-electron chi connectivity index (χ2n) is 10.8. The molecule has 0 saturated heterocycles. The molecule has 0 amide bonds. The van der Waals surface area contributed by atoms with Crippen LogP contribution in [0, 0.1) is 5.92 Å². The minimum atomic E-state index is -3.13. The zero-order valence-electron chi connectivity index (χ0n) is 22.1. The summed E-state index contributed by atoms with van der Waals surface area (Å²) in [7, 11) is -3.13. The summed E-state index contributed by atoms with van der Waals surface area (Å²) < 4.78 is 30.0. The molecule has 1 aliphatic rings. The summed E-state index contributed by atoms with van der Waals surface area (Å²) in [6, 6.07) is 4.63. The number of ether oxygens (including phenoxy) is 1. The Labute approximate surface area is 202 Å². The second-order valence-corrected chi connectivity index (χ2v) is 13.0. The molecule has 0 unspecified atom stereocenters. The van der Waals surface area contributed by atoms with Crippen molar-refractivity contribution in [2.75, 3.05) is 12.0 Å². The van der Waals surface area contributed by atoms with Gasteiger partial charge in [0.2, 0.25) is 0 Å². The second kappa shape index (κ2) is 11.3. The summed E-state index contributed by atoms with van der Waals surface area (Å²) in [5.74, 6) is 1.46. The number of benzene rings is 1. The van der Waals surface area contributed by atoms with Gasteiger partial charge in [-0.25, -0.2) is 8.42 Å². The third-order valence-corrected chi connectivity index (χ3v) is 7.36. The summed E-state index contributed by atoms with van der Waals surface area (Å²) >= 11 is 0. The fourth-order valence-corrected chi connectivity index (χ4v) is 4.85. The SMILES string of the molecule is C/C(=C/CS(C)(=O)=O)[C@@H](CC(=O)C1CC1)O[C@@H](C)c1c(C(C)C)cc(C(C)C)cc1C(C)C. The first kappa shape index (κ1) is 27.8. The van der Waals surface area contributed by atoms with Gasteiger partial charge in [-0.3, -0.25) is 4.79 Å². The Kier molecular flexibility index (Phi) is 9.52. The number of sulfone groups is 1. The predicted octanol–water partition coefficient (Wildman–Crippen LogP) is 6.86. The van der Waals surface area contributed by atoms with Crippen LogP contribution in [0.25, 0.3) is 0 Å². The molecule has 186 valence electrons. The summed E-state index contributed by atoms with van der Waals surface area (Å²) in [5.41, 5.74) is 5.95. The fourth-order valence-electron chi connectivity index (χ4n) is 4.28. The maximum Gasteiger partial charge on any atom is 0.151 e. The van der Waals surface area contributed by atoms with Crippen LogP contribution in [-0.2, 0) is 19.4 Å². The van der Waals surface area contributed by atoms with Crippen molar-refractivity contribution >= 4 is 15.6 Å². The van der Waals surface area contributed by atoms with Crippen molar-refractivity contribution in [3.63, 3.8) is 0 Å². The average Bonchev–Trinajstić information content (AvgIpc) is 3.54. The Morgan fingerprint density at radius 2 is 1.52 bits per heavy atom. The van der Waals surface area contributed by atoms with Gasteiger partial charge in [-0.1, -0.05) is 59.8 Å². The Morgan fingerprint density at radius 3 is 1.91 bits per heavy atom. The van der Waals surface area contributed by atoms with Crippen molar-refractivity contribution in [2.24, 2.45) is 5.92 Å². The maximum absolute atomic E-state index is 12.7. The number of carbonyl (C=O) groups is 1. The molecule has 1 aliphatic carbocycles. The van der Waals surface area contributed by atoms with E-state index in [9.17, 15) is 13.2 Å². The number of carbonyl (C=O) groups excluding carboxylic acids is 1. The van der Waals surface area contributed by atoms with Crippen LogP contribution in [0.1, 0.15) is 121 Å². The topological polar surface area (TPSA) is 60.4 Å². The van der Waals surface area contributed by atoms with Crippen LogP contribution in [0.3, 0.4) is 0 Å². The van der Waals surface area contributed by atoms with E-state index in [0.29, 0.717) is 24.2 Å². The minimum Gasteiger partial charge on any atom is -0.366 e. The van der Waals surface area contributed by atoms with E-state index in [4.69, 9.17) is 4.74 Å². The minimum absolute atomic E-state index is 0.0394. The molecule has 0 aromatic heterocycles. The molecular weight excluding hydrogens is 432 g/mol. The van der Waals surface area contributed by atoms with Gasteiger partial charge in [0, 0.05) is 18.6 Å². The predicted molar refractivity (Wildman–Crippen MR) is 138 cm³/mol. The molecule has 1 fully saturated rings. The van der Waals surface area contributed by atoms with Crippen LogP contribution in [0.4, 0.5) is 0 Å². The number of hydrogen-bond acceptors (Lipinski definition) is 4. The molecule has 2 atom stereocenters. The van der Waals surface area contributed by atoms with Gasteiger partial charge in [-0.2, -0.15) is 0 Å². The highest BCUT2D eigenvalue weighted by Gasteiger charge is 2.33. The van der Waals surface area contributed by atoms with E-state index in [1.807, 2.05) is 6.92 Å². The highest BCUT2D eigenvalue weighted by molar-refractivity contribution is 7.90. The summed E-state index contributed by atoms with van der Waals surface area (Å²) in [6.45, 7) is 17.3. The highest BCUT2D eigenvalue weighted by Crippen LogP contribution is 2.39. The monoisotopic (exact) mass is 476 g/mol. The normalized spacial score (nSPS) is 17.2. The van der Waals surface area contributed by atoms with Crippen LogP contribution in [0.15, 0.2) is 23.8 Å². The Bertz CT molecular complexity index is 937. The molecule has 0 aliphatic heterocycles. The van der Waals surface area contributed by atoms with Gasteiger partial charge in [-0.15, -0.1) is 0 Å². The van der Waals surface area contributed by atoms with Crippen LogP contribution in [-0.4, -0.2) is 32.3 Å². The van der Waals surface area contributed by atoms with E-state index in [-0.39, 0.29) is 23.6 Å². The zero-order chi connectivity index (χ0) is 25.1. The molecular formula is C28H44O4S. The van der Waals surface area contributed by atoms with E-state index >= 15 is 0 Å². The standard InChI is InChI=1S/C28H44O4S/c1-17(2)23-14-24(18(3)4)28(25(15-23)19(5)6)21(8)32-27(16-26(29)22-10-11-22)20(7)12-13-33(9,30)31/h12,14-15,17-19,21-22,27H,10-11,13,16H2,1-9H3/b20-12-/t21-,27+/m0/s1. The van der Waals surface area contributed by atoms with E-state index in [1.54, 1.807) is 6.08 Å². The molecule has 0 N–H and O–H groups in total. The lowest BCUT2D eigenvalue weighted by Gasteiger charge is -2.30. The smallest absolute Gasteiger partial charge is 0.151 e. The van der Waals surface area contributed by atoms with Crippen LogP contribution >= 0.6 is 0 Å². The van der Waals surface area contributed by atoms with E-state index < -0.39 is 15.9 Å². The van der Waals surface area contributed by atoms with Gasteiger partial charge in [0.25, 0.3) is 0 Å². The molecule has 5 heteroatoms. The Hall–Kier alpha value is -1.46. The van der Waals surface area contributed by atoms with E-state index in [1.165, 1.54) is 28.5 Å². The van der Waals surface area contributed by atoms with Crippen molar-refractivity contribution in [3.8, 4) is 0 Å². The molecule has 33 heavy (non-hydrogen) atoms. The van der Waals surface area contributed by atoms with Crippen molar-refractivity contribution in [2.45, 2.75) is 105 Å². The Morgan fingerprint density at radius 1 is 1.00 bits per heavy atom. The fraction of sp³-hybridized carbons (Fsp3) is 0.679. The number of ketones is 1. The molecule has 2 rings (SSSR count). The van der Waals surface area contributed by atoms with Gasteiger partial charge in [-0.05, 0) is 72.3 Å². The summed E-state index contributed by atoms with van der Waals surface area (Å²) in [4.78, 5) is 12.7.